The molecular formula is C25H31N5O2. The van der Waals surface area contributed by atoms with Crippen LogP contribution in [0.15, 0.2) is 42.6 Å². The topological polar surface area (TPSA) is 60.0 Å². The highest BCUT2D eigenvalue weighted by molar-refractivity contribution is 6.04. The third kappa shape index (κ3) is 3.70. The summed E-state index contributed by atoms with van der Waals surface area (Å²) in [5.41, 5.74) is 2.31. The highest BCUT2D eigenvalue weighted by Crippen LogP contribution is 2.35. The summed E-state index contributed by atoms with van der Waals surface area (Å²) in [4.78, 5) is 39.4. The predicted octanol–water partition coefficient (Wildman–Crippen LogP) is 3.23. The van der Waals surface area contributed by atoms with Crippen LogP contribution in [0.3, 0.4) is 0 Å². The van der Waals surface area contributed by atoms with Crippen molar-refractivity contribution in [3.05, 3.63) is 53.7 Å². The fourth-order valence-corrected chi connectivity index (χ4v) is 5.29. The molecule has 2 aromatic rings. The number of aromatic nitrogens is 1. The standard InChI is InChI=1S/C25H31N5O2/c1-2-29-21-18-19(10-11-20(21)25(32)30-13-7-3-4-9-23(29)30)24(31)28-16-14-27(15-17-28)22-8-5-6-12-26-22/h5-6,8,10-12,18,23H,2-4,7,9,13-17H2,1H3/t23-/m0/s1. The van der Waals surface area contributed by atoms with E-state index in [9.17, 15) is 9.59 Å². The van der Waals surface area contributed by atoms with E-state index in [-0.39, 0.29) is 18.0 Å². The van der Waals surface area contributed by atoms with Crippen LogP contribution in [0, 0.1) is 0 Å². The smallest absolute Gasteiger partial charge is 0.257 e. The number of amides is 2. The van der Waals surface area contributed by atoms with Crippen molar-refractivity contribution in [3.63, 3.8) is 0 Å². The molecule has 0 radical (unpaired) electrons. The molecule has 0 bridgehead atoms. The van der Waals surface area contributed by atoms with E-state index in [1.807, 2.05) is 46.2 Å². The quantitative estimate of drug-likeness (QED) is 0.744. The largest absolute Gasteiger partial charge is 0.353 e. The molecule has 2 saturated heterocycles. The van der Waals surface area contributed by atoms with Gasteiger partial charge in [0, 0.05) is 51.0 Å². The number of hydrogen-bond acceptors (Lipinski definition) is 5. The number of hydrogen-bond donors (Lipinski definition) is 0. The first-order valence-corrected chi connectivity index (χ1v) is 11.8. The number of fused-ring (bicyclic) bond motifs is 2. The van der Waals surface area contributed by atoms with Gasteiger partial charge in [0.25, 0.3) is 11.8 Å². The number of benzene rings is 1. The van der Waals surface area contributed by atoms with Crippen molar-refractivity contribution < 1.29 is 9.59 Å². The first-order chi connectivity index (χ1) is 15.7. The van der Waals surface area contributed by atoms with Gasteiger partial charge < -0.3 is 19.6 Å². The van der Waals surface area contributed by atoms with E-state index >= 15 is 0 Å². The van der Waals surface area contributed by atoms with Gasteiger partial charge in [0.05, 0.1) is 11.3 Å². The first-order valence-electron chi connectivity index (χ1n) is 11.8. The Labute approximate surface area is 189 Å². The van der Waals surface area contributed by atoms with Gasteiger partial charge in [-0.05, 0) is 56.5 Å². The molecule has 7 heteroatoms. The first kappa shape index (κ1) is 20.8. The summed E-state index contributed by atoms with van der Waals surface area (Å²) < 4.78 is 0. The van der Waals surface area contributed by atoms with Crippen molar-refractivity contribution in [3.8, 4) is 0 Å². The Kier molecular flexibility index (Phi) is 5.72. The van der Waals surface area contributed by atoms with Crippen LogP contribution in [0.4, 0.5) is 11.5 Å². The van der Waals surface area contributed by atoms with Crippen LogP contribution in [-0.2, 0) is 0 Å². The Bertz CT molecular complexity index is 987. The molecule has 0 unspecified atom stereocenters. The van der Waals surface area contributed by atoms with E-state index in [0.29, 0.717) is 18.7 Å². The van der Waals surface area contributed by atoms with Gasteiger partial charge in [0.15, 0.2) is 0 Å². The van der Waals surface area contributed by atoms with Gasteiger partial charge in [0.2, 0.25) is 0 Å². The second kappa shape index (κ2) is 8.81. The molecule has 4 heterocycles. The lowest BCUT2D eigenvalue weighted by Gasteiger charge is -2.45. The lowest BCUT2D eigenvalue weighted by atomic mass is 10.0. The monoisotopic (exact) mass is 433 g/mol. The van der Waals surface area contributed by atoms with Crippen LogP contribution >= 0.6 is 0 Å². The van der Waals surface area contributed by atoms with Crippen LogP contribution < -0.4 is 9.80 Å². The molecule has 3 aliphatic heterocycles. The summed E-state index contributed by atoms with van der Waals surface area (Å²) in [5.74, 6) is 1.11. The van der Waals surface area contributed by atoms with Crippen molar-refractivity contribution in [1.29, 1.82) is 0 Å². The van der Waals surface area contributed by atoms with Gasteiger partial charge in [-0.25, -0.2) is 4.98 Å². The molecule has 1 atom stereocenters. The zero-order chi connectivity index (χ0) is 22.1. The maximum Gasteiger partial charge on any atom is 0.257 e. The van der Waals surface area contributed by atoms with Gasteiger partial charge >= 0.3 is 0 Å². The Morgan fingerprint density at radius 1 is 1.03 bits per heavy atom. The summed E-state index contributed by atoms with van der Waals surface area (Å²) >= 11 is 0. The lowest BCUT2D eigenvalue weighted by Crippen LogP contribution is -2.55. The van der Waals surface area contributed by atoms with Gasteiger partial charge in [-0.3, -0.25) is 9.59 Å². The van der Waals surface area contributed by atoms with Crippen LogP contribution in [-0.4, -0.2) is 72.0 Å². The van der Waals surface area contributed by atoms with E-state index in [1.165, 1.54) is 6.42 Å². The average Bonchev–Trinajstić information content (AvgIpc) is 3.11. The van der Waals surface area contributed by atoms with Crippen LogP contribution in [0.25, 0.3) is 0 Å². The predicted molar refractivity (Wildman–Crippen MR) is 125 cm³/mol. The fourth-order valence-electron chi connectivity index (χ4n) is 5.29. The van der Waals surface area contributed by atoms with E-state index in [2.05, 4.69) is 21.7 Å². The summed E-state index contributed by atoms with van der Waals surface area (Å²) in [6, 6.07) is 11.6. The minimum atomic E-state index is 0.0419. The second-order valence-corrected chi connectivity index (χ2v) is 8.81. The number of anilines is 2. The molecule has 168 valence electrons. The Hall–Kier alpha value is -3.09. The molecule has 1 aromatic heterocycles. The van der Waals surface area contributed by atoms with Crippen molar-refractivity contribution in [2.75, 3.05) is 49.1 Å². The van der Waals surface area contributed by atoms with E-state index in [0.717, 1.165) is 62.5 Å². The van der Waals surface area contributed by atoms with Crippen LogP contribution in [0.1, 0.15) is 53.3 Å². The second-order valence-electron chi connectivity index (χ2n) is 8.81. The minimum absolute atomic E-state index is 0.0419. The Morgan fingerprint density at radius 2 is 1.88 bits per heavy atom. The normalized spacial score (nSPS) is 21.2. The maximum absolute atomic E-state index is 13.3. The van der Waals surface area contributed by atoms with Crippen molar-refractivity contribution in [1.82, 2.24) is 14.8 Å². The average molecular weight is 434 g/mol. The number of carbonyl (C=O) groups is 2. The molecule has 0 N–H and O–H groups in total. The number of pyridine rings is 1. The number of rotatable bonds is 3. The molecule has 3 aliphatic rings. The fraction of sp³-hybridized carbons (Fsp3) is 0.480. The molecular weight excluding hydrogens is 402 g/mol. The summed E-state index contributed by atoms with van der Waals surface area (Å²) in [6.07, 6.45) is 6.27. The third-order valence-corrected chi connectivity index (χ3v) is 7.01. The van der Waals surface area contributed by atoms with Crippen LogP contribution in [0.5, 0.6) is 0 Å². The lowest BCUT2D eigenvalue weighted by molar-refractivity contribution is 0.0654. The molecule has 2 amide bonds. The zero-order valence-corrected chi connectivity index (χ0v) is 18.7. The molecule has 1 aromatic carbocycles. The van der Waals surface area contributed by atoms with Gasteiger partial charge in [0.1, 0.15) is 12.0 Å². The highest BCUT2D eigenvalue weighted by atomic mass is 16.2. The van der Waals surface area contributed by atoms with E-state index in [1.54, 1.807) is 6.20 Å². The van der Waals surface area contributed by atoms with Crippen molar-refractivity contribution in [2.24, 2.45) is 0 Å². The van der Waals surface area contributed by atoms with Gasteiger partial charge in [-0.2, -0.15) is 0 Å². The number of carbonyl (C=O) groups excluding carboxylic acids is 2. The highest BCUT2D eigenvalue weighted by Gasteiger charge is 2.38. The molecule has 7 nitrogen and oxygen atoms in total. The Morgan fingerprint density at radius 3 is 2.62 bits per heavy atom. The molecule has 5 rings (SSSR count). The number of piperazine rings is 1. The molecule has 0 aliphatic carbocycles. The molecule has 0 spiro atoms. The van der Waals surface area contributed by atoms with E-state index < -0.39 is 0 Å². The molecule has 2 fully saturated rings. The van der Waals surface area contributed by atoms with Crippen LogP contribution in [0.2, 0.25) is 0 Å². The zero-order valence-electron chi connectivity index (χ0n) is 18.7. The van der Waals surface area contributed by atoms with Crippen molar-refractivity contribution >= 4 is 23.3 Å². The van der Waals surface area contributed by atoms with E-state index in [4.69, 9.17) is 0 Å². The third-order valence-electron chi connectivity index (χ3n) is 7.01. The molecule has 32 heavy (non-hydrogen) atoms. The summed E-state index contributed by atoms with van der Waals surface area (Å²) in [7, 11) is 0. The summed E-state index contributed by atoms with van der Waals surface area (Å²) in [6.45, 7) is 6.64. The minimum Gasteiger partial charge on any atom is -0.353 e. The van der Waals surface area contributed by atoms with Gasteiger partial charge in [-0.1, -0.05) is 12.5 Å². The Balaban J connectivity index is 1.35. The van der Waals surface area contributed by atoms with Gasteiger partial charge in [-0.15, -0.1) is 0 Å². The SMILES string of the molecule is CCN1c2cc(C(=O)N3CCN(c4ccccn4)CC3)ccc2C(=O)N2CCCCC[C@H]21. The number of nitrogens with zero attached hydrogens (tertiary/aromatic N) is 5. The molecule has 0 saturated carbocycles. The van der Waals surface area contributed by atoms with Crippen molar-refractivity contribution in [2.45, 2.75) is 38.8 Å². The summed E-state index contributed by atoms with van der Waals surface area (Å²) in [5, 5.41) is 0. The maximum atomic E-state index is 13.3.